The molecule has 0 aliphatic rings. The molecule has 2 nitrogen and oxygen atoms in total. The molecule has 94 valence electrons. The normalized spacial score (nSPS) is 13.6. The van der Waals surface area contributed by atoms with E-state index >= 15 is 0 Å². The van der Waals surface area contributed by atoms with E-state index in [1.165, 1.54) is 15.3 Å². The van der Waals surface area contributed by atoms with Gasteiger partial charge in [0.2, 0.25) is 0 Å². The molecule has 2 aromatic rings. The van der Waals surface area contributed by atoms with Gasteiger partial charge >= 0.3 is 0 Å². The van der Waals surface area contributed by atoms with Gasteiger partial charge in [0.15, 0.2) is 0 Å². The van der Waals surface area contributed by atoms with Crippen LogP contribution in [0.4, 0.5) is 0 Å². The van der Waals surface area contributed by atoms with Crippen LogP contribution >= 0.6 is 11.3 Å². The van der Waals surface area contributed by atoms with E-state index in [0.29, 0.717) is 5.84 Å². The summed E-state index contributed by atoms with van der Waals surface area (Å²) in [5.74, 6) is 0.603. The van der Waals surface area contributed by atoms with E-state index in [2.05, 4.69) is 31.8 Å². The fourth-order valence-corrected chi connectivity index (χ4v) is 3.04. The van der Waals surface area contributed by atoms with E-state index in [1.54, 1.807) is 0 Å². The molecule has 2 N–H and O–H groups in total. The summed E-state index contributed by atoms with van der Waals surface area (Å²) in [7, 11) is 0. The first-order valence-electron chi connectivity index (χ1n) is 6.03. The highest BCUT2D eigenvalue weighted by Crippen LogP contribution is 2.28. The maximum atomic E-state index is 6.04. The SMILES string of the molecule is Cc1cc(C(C)N=C(N)c2ccccc2)c(C)s1. The van der Waals surface area contributed by atoms with Gasteiger partial charge in [0.25, 0.3) is 0 Å². The van der Waals surface area contributed by atoms with Gasteiger partial charge in [-0.3, -0.25) is 4.99 Å². The molecule has 0 spiro atoms. The highest BCUT2D eigenvalue weighted by Gasteiger charge is 2.10. The Balaban J connectivity index is 2.25. The van der Waals surface area contributed by atoms with Crippen molar-refractivity contribution in [1.29, 1.82) is 0 Å². The first kappa shape index (κ1) is 12.8. The van der Waals surface area contributed by atoms with E-state index in [9.17, 15) is 0 Å². The first-order chi connectivity index (χ1) is 8.58. The average molecular weight is 258 g/mol. The van der Waals surface area contributed by atoms with Crippen molar-refractivity contribution < 1.29 is 0 Å². The minimum Gasteiger partial charge on any atom is -0.383 e. The van der Waals surface area contributed by atoms with Crippen LogP contribution in [0, 0.1) is 13.8 Å². The van der Waals surface area contributed by atoms with Crippen LogP contribution in [0.2, 0.25) is 0 Å². The molecule has 1 unspecified atom stereocenters. The Bertz CT molecular complexity index is 555. The van der Waals surface area contributed by atoms with Gasteiger partial charge in [-0.05, 0) is 32.4 Å². The minimum atomic E-state index is 0.107. The largest absolute Gasteiger partial charge is 0.383 e. The number of thiophene rings is 1. The second kappa shape index (κ2) is 5.36. The number of aliphatic imine (C=N–C) groups is 1. The topological polar surface area (TPSA) is 38.4 Å². The second-order valence-corrected chi connectivity index (χ2v) is 5.89. The van der Waals surface area contributed by atoms with Gasteiger partial charge in [0.05, 0.1) is 6.04 Å². The van der Waals surface area contributed by atoms with Crippen LogP contribution < -0.4 is 5.73 Å². The Morgan fingerprint density at radius 3 is 2.44 bits per heavy atom. The molecule has 1 aromatic heterocycles. The van der Waals surface area contributed by atoms with Gasteiger partial charge in [0, 0.05) is 15.3 Å². The fourth-order valence-electron chi connectivity index (χ4n) is 2.03. The maximum absolute atomic E-state index is 6.04. The number of benzene rings is 1. The van der Waals surface area contributed by atoms with Crippen molar-refractivity contribution in [2.45, 2.75) is 26.8 Å². The van der Waals surface area contributed by atoms with Gasteiger partial charge in [-0.15, -0.1) is 11.3 Å². The number of rotatable bonds is 3. The molecule has 0 saturated heterocycles. The average Bonchev–Trinajstić information content (AvgIpc) is 2.69. The molecule has 0 aliphatic carbocycles. The summed E-state index contributed by atoms with van der Waals surface area (Å²) < 4.78 is 0. The van der Waals surface area contributed by atoms with Crippen LogP contribution in [0.15, 0.2) is 41.4 Å². The molecule has 3 heteroatoms. The lowest BCUT2D eigenvalue weighted by atomic mass is 10.1. The molecular weight excluding hydrogens is 240 g/mol. The number of aryl methyl sites for hydroxylation is 2. The third-order valence-corrected chi connectivity index (χ3v) is 3.91. The molecule has 2 rings (SSSR count). The monoisotopic (exact) mass is 258 g/mol. The standard InChI is InChI=1S/C15H18N2S/c1-10-9-14(12(3)18-10)11(2)17-15(16)13-7-5-4-6-8-13/h4-9,11H,1-3H3,(H2,16,17). The quantitative estimate of drug-likeness (QED) is 0.659. The number of amidine groups is 1. The van der Waals surface area contributed by atoms with Gasteiger partial charge in [0.1, 0.15) is 5.84 Å². The lowest BCUT2D eigenvalue weighted by Gasteiger charge is -2.08. The van der Waals surface area contributed by atoms with Crippen LogP contribution in [0.1, 0.15) is 33.8 Å². The summed E-state index contributed by atoms with van der Waals surface area (Å²) >= 11 is 1.81. The molecule has 1 aromatic carbocycles. The van der Waals surface area contributed by atoms with Crippen LogP contribution in [0.3, 0.4) is 0 Å². The third kappa shape index (κ3) is 2.79. The molecule has 1 heterocycles. The third-order valence-electron chi connectivity index (χ3n) is 2.93. The summed E-state index contributed by atoms with van der Waals surface area (Å²) in [6.07, 6.45) is 0. The Hall–Kier alpha value is -1.61. The molecule has 0 saturated carbocycles. The molecule has 0 bridgehead atoms. The van der Waals surface area contributed by atoms with Crippen molar-refractivity contribution >= 4 is 17.2 Å². The number of nitrogens with zero attached hydrogens (tertiary/aromatic N) is 1. The first-order valence-corrected chi connectivity index (χ1v) is 6.85. The van der Waals surface area contributed by atoms with Crippen LogP contribution in [0.25, 0.3) is 0 Å². The van der Waals surface area contributed by atoms with Gasteiger partial charge in [-0.2, -0.15) is 0 Å². The molecule has 18 heavy (non-hydrogen) atoms. The Kier molecular flexibility index (Phi) is 3.82. The highest BCUT2D eigenvalue weighted by molar-refractivity contribution is 7.12. The van der Waals surface area contributed by atoms with E-state index in [1.807, 2.05) is 41.7 Å². The number of hydrogen-bond acceptors (Lipinski definition) is 2. The zero-order chi connectivity index (χ0) is 13.1. The van der Waals surface area contributed by atoms with Crippen molar-refractivity contribution in [2.24, 2.45) is 10.7 Å². The van der Waals surface area contributed by atoms with Gasteiger partial charge in [-0.25, -0.2) is 0 Å². The Morgan fingerprint density at radius 2 is 1.89 bits per heavy atom. The second-order valence-electron chi connectivity index (χ2n) is 4.42. The van der Waals surface area contributed by atoms with Crippen LogP contribution in [-0.4, -0.2) is 5.84 Å². The van der Waals surface area contributed by atoms with E-state index < -0.39 is 0 Å². The van der Waals surface area contributed by atoms with E-state index in [4.69, 9.17) is 5.73 Å². The molecule has 0 amide bonds. The van der Waals surface area contributed by atoms with Crippen molar-refractivity contribution in [3.63, 3.8) is 0 Å². The van der Waals surface area contributed by atoms with Crippen molar-refractivity contribution in [2.75, 3.05) is 0 Å². The predicted octanol–water partition coefficient (Wildman–Crippen LogP) is 3.83. The minimum absolute atomic E-state index is 0.107. The molecule has 0 fully saturated rings. The predicted molar refractivity (Wildman–Crippen MR) is 79.4 cm³/mol. The van der Waals surface area contributed by atoms with Crippen LogP contribution in [0.5, 0.6) is 0 Å². The zero-order valence-electron chi connectivity index (χ0n) is 11.0. The van der Waals surface area contributed by atoms with Crippen molar-refractivity contribution in [1.82, 2.24) is 0 Å². The highest BCUT2D eigenvalue weighted by atomic mass is 32.1. The lowest BCUT2D eigenvalue weighted by molar-refractivity contribution is 0.816. The fraction of sp³-hybridized carbons (Fsp3) is 0.267. The summed E-state index contributed by atoms with van der Waals surface area (Å²) in [6.45, 7) is 6.35. The Morgan fingerprint density at radius 1 is 1.22 bits per heavy atom. The zero-order valence-corrected chi connectivity index (χ0v) is 11.8. The Labute approximate surface area is 112 Å². The van der Waals surface area contributed by atoms with E-state index in [0.717, 1.165) is 5.56 Å². The van der Waals surface area contributed by atoms with Crippen LogP contribution in [-0.2, 0) is 0 Å². The van der Waals surface area contributed by atoms with Gasteiger partial charge < -0.3 is 5.73 Å². The molecule has 0 aliphatic heterocycles. The summed E-state index contributed by atoms with van der Waals surface area (Å²) in [6, 6.07) is 12.2. The van der Waals surface area contributed by atoms with E-state index in [-0.39, 0.29) is 6.04 Å². The van der Waals surface area contributed by atoms with Crippen molar-refractivity contribution in [3.8, 4) is 0 Å². The maximum Gasteiger partial charge on any atom is 0.126 e. The molecule has 1 atom stereocenters. The van der Waals surface area contributed by atoms with Gasteiger partial charge in [-0.1, -0.05) is 30.3 Å². The smallest absolute Gasteiger partial charge is 0.126 e. The summed E-state index contributed by atoms with van der Waals surface area (Å²) in [5.41, 5.74) is 8.30. The summed E-state index contributed by atoms with van der Waals surface area (Å²) in [4.78, 5) is 7.24. The lowest BCUT2D eigenvalue weighted by Crippen LogP contribution is -2.14. The number of hydrogen-bond donors (Lipinski definition) is 1. The summed E-state index contributed by atoms with van der Waals surface area (Å²) in [5, 5.41) is 0. The van der Waals surface area contributed by atoms with Crippen molar-refractivity contribution in [3.05, 3.63) is 57.3 Å². The number of nitrogens with two attached hydrogens (primary N) is 1. The molecular formula is C15H18N2S. The molecule has 0 radical (unpaired) electrons.